The van der Waals surface area contributed by atoms with Crippen LogP contribution < -0.4 is 0 Å². The zero-order valence-electron chi connectivity index (χ0n) is 10.6. The van der Waals surface area contributed by atoms with Gasteiger partial charge in [0.15, 0.2) is 0 Å². The van der Waals surface area contributed by atoms with Gasteiger partial charge in [0.1, 0.15) is 5.75 Å². The third kappa shape index (κ3) is 2.01. The molecule has 2 N–H and O–H groups in total. The molecule has 4 nitrogen and oxygen atoms in total. The van der Waals surface area contributed by atoms with Gasteiger partial charge in [-0.15, -0.1) is 0 Å². The monoisotopic (exact) mass is 245 g/mol. The molecule has 0 saturated carbocycles. The number of phenols is 1. The molecular weight excluding hydrogens is 230 g/mol. The molecule has 0 aliphatic heterocycles. The molecule has 0 spiro atoms. The summed E-state index contributed by atoms with van der Waals surface area (Å²) in [6.45, 7) is 5.83. The Morgan fingerprint density at radius 1 is 1.28 bits per heavy atom. The SMILES string of the molecule is CC(C)(C)c1c(C(=O)O)cnc2ccc(O)cc12. The minimum atomic E-state index is -1.00. The molecule has 0 amide bonds. The number of carboxylic acid groups (broad SMARTS) is 1. The van der Waals surface area contributed by atoms with E-state index >= 15 is 0 Å². The summed E-state index contributed by atoms with van der Waals surface area (Å²) >= 11 is 0. The Balaban J connectivity index is 2.93. The Bertz CT molecular complexity index is 627. The van der Waals surface area contributed by atoms with Gasteiger partial charge < -0.3 is 10.2 Å². The Kier molecular flexibility index (Phi) is 2.73. The van der Waals surface area contributed by atoms with E-state index in [1.54, 1.807) is 18.2 Å². The summed E-state index contributed by atoms with van der Waals surface area (Å²) in [5, 5.41) is 19.5. The van der Waals surface area contributed by atoms with Crippen LogP contribution in [0.1, 0.15) is 36.7 Å². The quantitative estimate of drug-likeness (QED) is 0.810. The predicted molar refractivity (Wildman–Crippen MR) is 69.1 cm³/mol. The minimum Gasteiger partial charge on any atom is -0.508 e. The van der Waals surface area contributed by atoms with Crippen LogP contribution in [0.4, 0.5) is 0 Å². The summed E-state index contributed by atoms with van der Waals surface area (Å²) in [5.41, 5.74) is 1.21. The number of carboxylic acids is 1. The molecule has 1 aromatic carbocycles. The van der Waals surface area contributed by atoms with Crippen molar-refractivity contribution in [3.63, 3.8) is 0 Å². The highest BCUT2D eigenvalue weighted by Crippen LogP contribution is 2.33. The van der Waals surface area contributed by atoms with Crippen LogP contribution >= 0.6 is 0 Å². The fourth-order valence-corrected chi connectivity index (χ4v) is 2.15. The number of hydrogen-bond donors (Lipinski definition) is 2. The van der Waals surface area contributed by atoms with Crippen molar-refractivity contribution in [3.8, 4) is 5.75 Å². The van der Waals surface area contributed by atoms with Crippen molar-refractivity contribution >= 4 is 16.9 Å². The molecule has 0 atom stereocenters. The number of phenolic OH excluding ortho intramolecular Hbond substituents is 1. The van der Waals surface area contributed by atoms with Gasteiger partial charge in [0.05, 0.1) is 11.1 Å². The van der Waals surface area contributed by atoms with Crippen molar-refractivity contribution in [1.82, 2.24) is 4.98 Å². The number of pyridine rings is 1. The standard InChI is InChI=1S/C14H15NO3/c1-14(2,3)12-9-6-8(16)4-5-11(9)15-7-10(12)13(17)18/h4-7,16H,1-3H3,(H,17,18). The van der Waals surface area contributed by atoms with E-state index in [4.69, 9.17) is 0 Å². The molecule has 0 aliphatic carbocycles. The van der Waals surface area contributed by atoms with E-state index in [0.717, 1.165) is 0 Å². The molecule has 0 radical (unpaired) electrons. The van der Waals surface area contributed by atoms with Crippen molar-refractivity contribution in [2.45, 2.75) is 26.2 Å². The van der Waals surface area contributed by atoms with E-state index < -0.39 is 5.97 Å². The topological polar surface area (TPSA) is 70.4 Å². The largest absolute Gasteiger partial charge is 0.508 e. The van der Waals surface area contributed by atoms with Crippen LogP contribution in [-0.2, 0) is 5.41 Å². The lowest BCUT2D eigenvalue weighted by molar-refractivity contribution is 0.0694. The first-order valence-electron chi connectivity index (χ1n) is 5.66. The summed E-state index contributed by atoms with van der Waals surface area (Å²) in [6.07, 6.45) is 1.38. The number of nitrogens with zero attached hydrogens (tertiary/aromatic N) is 1. The number of benzene rings is 1. The Morgan fingerprint density at radius 3 is 2.50 bits per heavy atom. The number of aromatic hydroxyl groups is 1. The van der Waals surface area contributed by atoms with Crippen molar-refractivity contribution in [3.05, 3.63) is 35.5 Å². The van der Waals surface area contributed by atoms with Crippen molar-refractivity contribution < 1.29 is 15.0 Å². The number of hydrogen-bond acceptors (Lipinski definition) is 3. The first-order chi connectivity index (χ1) is 8.30. The highest BCUT2D eigenvalue weighted by Gasteiger charge is 2.24. The van der Waals surface area contributed by atoms with Gasteiger partial charge in [0, 0.05) is 11.6 Å². The number of carbonyl (C=O) groups is 1. The van der Waals surface area contributed by atoms with E-state index in [1.807, 2.05) is 20.8 Å². The minimum absolute atomic E-state index is 0.109. The molecule has 2 aromatic rings. The molecule has 1 heterocycles. The van der Waals surface area contributed by atoms with Gasteiger partial charge in [-0.25, -0.2) is 4.79 Å². The fourth-order valence-electron chi connectivity index (χ4n) is 2.15. The first-order valence-corrected chi connectivity index (χ1v) is 5.66. The van der Waals surface area contributed by atoms with Crippen LogP contribution in [0.5, 0.6) is 5.75 Å². The number of aromatic nitrogens is 1. The lowest BCUT2D eigenvalue weighted by atomic mass is 9.82. The molecule has 0 saturated heterocycles. The zero-order valence-corrected chi connectivity index (χ0v) is 10.6. The Labute approximate surface area is 105 Å². The van der Waals surface area contributed by atoms with Crippen LogP contribution in [0.3, 0.4) is 0 Å². The molecule has 2 rings (SSSR count). The average molecular weight is 245 g/mol. The molecule has 0 bridgehead atoms. The van der Waals surface area contributed by atoms with Gasteiger partial charge in [-0.2, -0.15) is 0 Å². The second-order valence-electron chi connectivity index (χ2n) is 5.30. The summed E-state index contributed by atoms with van der Waals surface area (Å²) in [5.74, 6) is -0.894. The van der Waals surface area contributed by atoms with Crippen molar-refractivity contribution in [1.29, 1.82) is 0 Å². The lowest BCUT2D eigenvalue weighted by Gasteiger charge is -2.23. The average Bonchev–Trinajstić information content (AvgIpc) is 2.25. The maximum atomic E-state index is 11.3. The highest BCUT2D eigenvalue weighted by atomic mass is 16.4. The highest BCUT2D eigenvalue weighted by molar-refractivity contribution is 5.97. The van der Waals surface area contributed by atoms with E-state index in [1.165, 1.54) is 6.20 Å². The van der Waals surface area contributed by atoms with Crippen molar-refractivity contribution in [2.75, 3.05) is 0 Å². The van der Waals surface area contributed by atoms with Crippen LogP contribution in [0, 0.1) is 0 Å². The third-order valence-corrected chi connectivity index (χ3v) is 2.83. The third-order valence-electron chi connectivity index (χ3n) is 2.83. The second kappa shape index (κ2) is 3.98. The molecule has 0 fully saturated rings. The zero-order chi connectivity index (χ0) is 13.5. The van der Waals surface area contributed by atoms with Gasteiger partial charge in [-0.1, -0.05) is 20.8 Å². The molecule has 4 heteroatoms. The van der Waals surface area contributed by atoms with Gasteiger partial charge in [-0.3, -0.25) is 4.98 Å². The number of fused-ring (bicyclic) bond motifs is 1. The molecule has 0 aliphatic rings. The maximum absolute atomic E-state index is 11.3. The summed E-state index contributed by atoms with van der Waals surface area (Å²) in [7, 11) is 0. The molecule has 94 valence electrons. The van der Waals surface area contributed by atoms with Gasteiger partial charge in [-0.05, 0) is 29.2 Å². The molecule has 1 aromatic heterocycles. The maximum Gasteiger partial charge on any atom is 0.337 e. The molecular formula is C14H15NO3. The Hall–Kier alpha value is -2.10. The van der Waals surface area contributed by atoms with E-state index in [2.05, 4.69) is 4.98 Å². The summed E-state index contributed by atoms with van der Waals surface area (Å²) < 4.78 is 0. The Morgan fingerprint density at radius 2 is 1.94 bits per heavy atom. The molecule has 0 unspecified atom stereocenters. The van der Waals surface area contributed by atoms with Gasteiger partial charge >= 0.3 is 5.97 Å². The van der Waals surface area contributed by atoms with E-state index in [9.17, 15) is 15.0 Å². The second-order valence-corrected chi connectivity index (χ2v) is 5.30. The van der Waals surface area contributed by atoms with Crippen LogP contribution in [0.15, 0.2) is 24.4 Å². The predicted octanol–water partition coefficient (Wildman–Crippen LogP) is 2.94. The first kappa shape index (κ1) is 12.4. The number of aromatic carboxylic acids is 1. The van der Waals surface area contributed by atoms with Crippen molar-refractivity contribution in [2.24, 2.45) is 0 Å². The molecule has 18 heavy (non-hydrogen) atoms. The normalized spacial score (nSPS) is 11.7. The lowest BCUT2D eigenvalue weighted by Crippen LogP contribution is -2.18. The van der Waals surface area contributed by atoms with Gasteiger partial charge in [0.25, 0.3) is 0 Å². The van der Waals surface area contributed by atoms with Crippen LogP contribution in [0.2, 0.25) is 0 Å². The fraction of sp³-hybridized carbons (Fsp3) is 0.286. The van der Waals surface area contributed by atoms with Crippen LogP contribution in [-0.4, -0.2) is 21.2 Å². The van der Waals surface area contributed by atoms with E-state index in [0.29, 0.717) is 16.5 Å². The van der Waals surface area contributed by atoms with Crippen LogP contribution in [0.25, 0.3) is 10.9 Å². The number of rotatable bonds is 1. The van der Waals surface area contributed by atoms with Gasteiger partial charge in [0.2, 0.25) is 0 Å². The van der Waals surface area contributed by atoms with E-state index in [-0.39, 0.29) is 16.7 Å². The summed E-state index contributed by atoms with van der Waals surface area (Å²) in [6, 6.07) is 4.79. The smallest absolute Gasteiger partial charge is 0.337 e. The summed E-state index contributed by atoms with van der Waals surface area (Å²) in [4.78, 5) is 15.4.